The summed E-state index contributed by atoms with van der Waals surface area (Å²) in [5, 5.41) is 11.2. The van der Waals surface area contributed by atoms with Crippen LogP contribution in [-0.4, -0.2) is 45.4 Å². The minimum Gasteiger partial charge on any atom is -0.377 e. The van der Waals surface area contributed by atoms with Gasteiger partial charge in [0, 0.05) is 36.1 Å². The highest BCUT2D eigenvalue weighted by Crippen LogP contribution is 2.35. The van der Waals surface area contributed by atoms with Crippen molar-refractivity contribution in [2.24, 2.45) is 0 Å². The van der Waals surface area contributed by atoms with Crippen molar-refractivity contribution >= 4 is 34.7 Å². The minimum absolute atomic E-state index is 0.450. The maximum Gasteiger partial charge on any atom is 0.182 e. The maximum atomic E-state index is 5.98. The van der Waals surface area contributed by atoms with E-state index in [-0.39, 0.29) is 0 Å². The van der Waals surface area contributed by atoms with E-state index in [0.29, 0.717) is 19.3 Å². The Balaban J connectivity index is 0.00000213. The van der Waals surface area contributed by atoms with Crippen molar-refractivity contribution in [2.45, 2.75) is 91.3 Å². The van der Waals surface area contributed by atoms with E-state index in [2.05, 4.69) is 86.6 Å². The Labute approximate surface area is 283 Å². The molecule has 0 aliphatic carbocycles. The molecule has 1 saturated heterocycles. The van der Waals surface area contributed by atoms with Gasteiger partial charge in [-0.15, -0.1) is 0 Å². The second kappa shape index (κ2) is 16.8. The van der Waals surface area contributed by atoms with Gasteiger partial charge in [0.15, 0.2) is 11.5 Å². The zero-order chi connectivity index (χ0) is 33.2. The van der Waals surface area contributed by atoms with E-state index in [1.165, 1.54) is 5.56 Å². The summed E-state index contributed by atoms with van der Waals surface area (Å²) in [4.78, 5) is 11.1. The fraction of sp³-hybridized carbons (Fsp3) is 0.432. The molecule has 0 amide bonds. The molecule has 0 radical (unpaired) electrons. The standard InChI is InChI=1S/C35H43N7O2S.C2H6/c1-5-9-33-39-35-30(14-15-32(38-35)37-27-16-18-36-19-17-27)42(33)21-25-12-13-28(26(20-25)22-43-6-2)29-10-7-8-11-31(29)45-41-34-23(3)24(4)44-40-34;1-2/h7-8,10-15,20,27,36H,5-6,9,16-19,21-22H2,1-4H3,(H,37,38)(H,40,41);1-2H3. The lowest BCUT2D eigenvalue weighted by molar-refractivity contribution is 0.134. The minimum atomic E-state index is 0.450. The van der Waals surface area contributed by atoms with E-state index in [9.17, 15) is 0 Å². The number of piperidine rings is 1. The van der Waals surface area contributed by atoms with Crippen LogP contribution in [0.25, 0.3) is 22.3 Å². The van der Waals surface area contributed by atoms with Crippen LogP contribution in [0.15, 0.2) is 64.0 Å². The van der Waals surface area contributed by atoms with Gasteiger partial charge in [-0.2, -0.15) is 0 Å². The molecule has 1 aliphatic rings. The van der Waals surface area contributed by atoms with E-state index in [1.54, 1.807) is 11.9 Å². The molecule has 6 rings (SSSR count). The Morgan fingerprint density at radius 3 is 2.55 bits per heavy atom. The molecule has 10 heteroatoms. The molecule has 0 bridgehead atoms. The number of pyridine rings is 1. The number of aryl methyl sites for hydroxylation is 2. The number of aromatic nitrogens is 4. The van der Waals surface area contributed by atoms with Gasteiger partial charge in [-0.25, -0.2) is 9.97 Å². The Hall–Kier alpha value is -3.86. The van der Waals surface area contributed by atoms with E-state index >= 15 is 0 Å². The summed E-state index contributed by atoms with van der Waals surface area (Å²) >= 11 is 1.54. The van der Waals surface area contributed by atoms with Gasteiger partial charge < -0.3 is 29.2 Å². The summed E-state index contributed by atoms with van der Waals surface area (Å²) in [6.07, 6.45) is 4.14. The van der Waals surface area contributed by atoms with Crippen LogP contribution in [0.2, 0.25) is 0 Å². The average molecular weight is 656 g/mol. The predicted octanol–water partition coefficient (Wildman–Crippen LogP) is 8.55. The first kappa shape index (κ1) is 34.5. The van der Waals surface area contributed by atoms with Crippen LogP contribution < -0.4 is 15.4 Å². The molecule has 47 heavy (non-hydrogen) atoms. The SMILES string of the molecule is CC.CCCc1nc2nc(NC3CCNCC3)ccc2n1Cc1ccc(-c2ccccc2SNc2noc(C)c2C)c(COCC)c1. The third kappa shape index (κ3) is 8.36. The summed E-state index contributed by atoms with van der Waals surface area (Å²) in [5.41, 5.74) is 7.55. The van der Waals surface area contributed by atoms with E-state index in [4.69, 9.17) is 19.2 Å². The highest BCUT2D eigenvalue weighted by Gasteiger charge is 2.18. The van der Waals surface area contributed by atoms with Crippen molar-refractivity contribution in [3.63, 3.8) is 0 Å². The number of ether oxygens (including phenoxy) is 1. The molecule has 0 saturated carbocycles. The first-order valence-corrected chi connectivity index (χ1v) is 17.8. The number of nitrogens with one attached hydrogen (secondary N) is 3. The third-order valence-corrected chi connectivity index (χ3v) is 9.29. The molecule has 250 valence electrons. The molecular weight excluding hydrogens is 607 g/mol. The number of anilines is 2. The van der Waals surface area contributed by atoms with E-state index < -0.39 is 0 Å². The second-order valence-electron chi connectivity index (χ2n) is 11.6. The fourth-order valence-corrected chi connectivity index (χ4v) is 6.65. The van der Waals surface area contributed by atoms with Crippen molar-refractivity contribution < 1.29 is 9.26 Å². The summed E-state index contributed by atoms with van der Waals surface area (Å²) in [5.74, 6) is 3.54. The van der Waals surface area contributed by atoms with Crippen LogP contribution in [-0.2, 0) is 24.3 Å². The topological polar surface area (TPSA) is 102 Å². The smallest absolute Gasteiger partial charge is 0.182 e. The van der Waals surface area contributed by atoms with E-state index in [1.807, 2.05) is 34.6 Å². The number of imidazole rings is 1. The average Bonchev–Trinajstić information content (AvgIpc) is 3.61. The summed E-state index contributed by atoms with van der Waals surface area (Å²) in [7, 11) is 0. The molecule has 2 aromatic carbocycles. The highest BCUT2D eigenvalue weighted by molar-refractivity contribution is 8.00. The number of rotatable bonds is 13. The Kier molecular flexibility index (Phi) is 12.3. The van der Waals surface area contributed by atoms with E-state index in [0.717, 1.165) is 107 Å². The maximum absolute atomic E-state index is 5.98. The van der Waals surface area contributed by atoms with Crippen LogP contribution in [0.4, 0.5) is 11.6 Å². The lowest BCUT2D eigenvalue weighted by Crippen LogP contribution is -2.35. The fourth-order valence-electron chi connectivity index (χ4n) is 5.82. The zero-order valence-corrected chi connectivity index (χ0v) is 29.5. The van der Waals surface area contributed by atoms with Gasteiger partial charge in [0.25, 0.3) is 0 Å². The number of nitrogens with zero attached hydrogens (tertiary/aromatic N) is 4. The van der Waals surface area contributed by atoms with Gasteiger partial charge in [0.1, 0.15) is 17.4 Å². The van der Waals surface area contributed by atoms with Gasteiger partial charge in [0.2, 0.25) is 0 Å². The van der Waals surface area contributed by atoms with Crippen molar-refractivity contribution in [3.8, 4) is 11.1 Å². The molecule has 0 atom stereocenters. The second-order valence-corrected chi connectivity index (χ2v) is 12.5. The number of hydrogen-bond acceptors (Lipinski definition) is 9. The number of benzene rings is 2. The van der Waals surface area contributed by atoms with Crippen LogP contribution in [0, 0.1) is 13.8 Å². The lowest BCUT2D eigenvalue weighted by Gasteiger charge is -2.24. The molecule has 3 N–H and O–H groups in total. The van der Waals surface area contributed by atoms with Gasteiger partial charge in [-0.05, 0) is 106 Å². The zero-order valence-electron chi connectivity index (χ0n) is 28.7. The first-order valence-electron chi connectivity index (χ1n) is 17.0. The number of hydrogen-bond donors (Lipinski definition) is 3. The van der Waals surface area contributed by atoms with Crippen molar-refractivity contribution in [2.75, 3.05) is 29.7 Å². The summed E-state index contributed by atoms with van der Waals surface area (Å²) in [6.45, 7) is 16.2. The van der Waals surface area contributed by atoms with Crippen LogP contribution in [0.5, 0.6) is 0 Å². The Morgan fingerprint density at radius 1 is 1.00 bits per heavy atom. The van der Waals surface area contributed by atoms with Crippen LogP contribution >= 0.6 is 11.9 Å². The Morgan fingerprint density at radius 2 is 1.81 bits per heavy atom. The molecule has 9 nitrogen and oxygen atoms in total. The normalized spacial score (nSPS) is 13.4. The Bertz CT molecular complexity index is 1740. The quantitative estimate of drug-likeness (QED) is 0.108. The van der Waals surface area contributed by atoms with Crippen LogP contribution in [0.1, 0.15) is 75.2 Å². The van der Waals surface area contributed by atoms with Gasteiger partial charge in [0.05, 0.1) is 12.1 Å². The van der Waals surface area contributed by atoms with Gasteiger partial charge in [-0.1, -0.05) is 62.3 Å². The number of fused-ring (bicyclic) bond motifs is 1. The molecular formula is C37H49N7O2S. The molecule has 3 aromatic heterocycles. The summed E-state index contributed by atoms with van der Waals surface area (Å²) < 4.78 is 17.0. The first-order chi connectivity index (χ1) is 23.0. The van der Waals surface area contributed by atoms with Crippen LogP contribution in [0.3, 0.4) is 0 Å². The molecule has 1 fully saturated rings. The molecule has 1 aliphatic heterocycles. The van der Waals surface area contributed by atoms with Crippen molar-refractivity contribution in [1.29, 1.82) is 0 Å². The summed E-state index contributed by atoms with van der Waals surface area (Å²) in [6, 6.07) is 19.9. The monoisotopic (exact) mass is 655 g/mol. The molecule has 4 heterocycles. The van der Waals surface area contributed by atoms with Gasteiger partial charge in [-0.3, -0.25) is 0 Å². The predicted molar refractivity (Wildman–Crippen MR) is 194 cm³/mol. The highest BCUT2D eigenvalue weighted by atomic mass is 32.2. The van der Waals surface area contributed by atoms with Gasteiger partial charge >= 0.3 is 0 Å². The lowest BCUT2D eigenvalue weighted by atomic mass is 9.97. The van der Waals surface area contributed by atoms with Crippen molar-refractivity contribution in [3.05, 3.63) is 82.9 Å². The largest absolute Gasteiger partial charge is 0.377 e. The molecule has 0 spiro atoms. The third-order valence-electron chi connectivity index (χ3n) is 8.42. The van der Waals surface area contributed by atoms with Crippen molar-refractivity contribution in [1.82, 2.24) is 25.0 Å². The molecule has 5 aromatic rings. The molecule has 0 unspecified atom stereocenters.